The first-order valence-electron chi connectivity index (χ1n) is 9.31. The third-order valence-electron chi connectivity index (χ3n) is 4.89. The van der Waals surface area contributed by atoms with Gasteiger partial charge in [0.25, 0.3) is 5.91 Å². The van der Waals surface area contributed by atoms with E-state index in [9.17, 15) is 9.59 Å². The molecule has 0 aliphatic carbocycles. The molecular formula is C22H21N5O2. The highest BCUT2D eigenvalue weighted by molar-refractivity contribution is 6.07. The number of hydrogen-bond donors (Lipinski definition) is 2. The van der Waals surface area contributed by atoms with Crippen LogP contribution in [-0.2, 0) is 18.3 Å². The van der Waals surface area contributed by atoms with Crippen molar-refractivity contribution in [2.75, 3.05) is 0 Å². The van der Waals surface area contributed by atoms with Crippen molar-refractivity contribution in [1.82, 2.24) is 25.6 Å². The largest absolute Gasteiger partial charge is 0.273 e. The molecule has 0 spiro atoms. The fourth-order valence-electron chi connectivity index (χ4n) is 3.61. The Labute approximate surface area is 167 Å². The van der Waals surface area contributed by atoms with Gasteiger partial charge in [0.1, 0.15) is 0 Å². The Morgan fingerprint density at radius 1 is 1.03 bits per heavy atom. The normalized spacial score (nSPS) is 11.0. The summed E-state index contributed by atoms with van der Waals surface area (Å²) in [5, 5.41) is 7.12. The van der Waals surface area contributed by atoms with Crippen LogP contribution in [0.4, 0.5) is 0 Å². The van der Waals surface area contributed by atoms with Gasteiger partial charge in [0.05, 0.1) is 23.1 Å². The molecule has 0 radical (unpaired) electrons. The summed E-state index contributed by atoms with van der Waals surface area (Å²) < 4.78 is 1.65. The van der Waals surface area contributed by atoms with Gasteiger partial charge in [-0.15, -0.1) is 0 Å². The van der Waals surface area contributed by atoms with Crippen LogP contribution in [0, 0.1) is 13.8 Å². The molecule has 0 saturated heterocycles. The maximum Gasteiger partial charge on any atom is 0.270 e. The summed E-state index contributed by atoms with van der Waals surface area (Å²) in [4.78, 5) is 29.6. The zero-order valence-electron chi connectivity index (χ0n) is 16.5. The number of carbonyl (C=O) groups excluding carboxylic acids is 2. The molecule has 7 nitrogen and oxygen atoms in total. The summed E-state index contributed by atoms with van der Waals surface area (Å²) >= 11 is 0. The highest BCUT2D eigenvalue weighted by Crippen LogP contribution is 2.21. The number of carbonyl (C=O) groups is 2. The first kappa shape index (κ1) is 18.6. The van der Waals surface area contributed by atoms with E-state index >= 15 is 0 Å². The van der Waals surface area contributed by atoms with Crippen LogP contribution in [0.15, 0.2) is 48.5 Å². The lowest BCUT2D eigenvalue weighted by atomic mass is 10.0. The molecule has 4 aromatic rings. The number of rotatable bonds is 3. The second kappa shape index (κ2) is 7.35. The van der Waals surface area contributed by atoms with Gasteiger partial charge < -0.3 is 0 Å². The molecule has 2 amide bonds. The van der Waals surface area contributed by atoms with E-state index in [1.54, 1.807) is 17.8 Å². The summed E-state index contributed by atoms with van der Waals surface area (Å²) in [6.07, 6.45) is 0.165. The summed E-state index contributed by atoms with van der Waals surface area (Å²) in [6.45, 7) is 3.65. The van der Waals surface area contributed by atoms with Gasteiger partial charge >= 0.3 is 0 Å². The molecule has 2 aromatic heterocycles. The molecule has 0 aliphatic heterocycles. The van der Waals surface area contributed by atoms with Gasteiger partial charge in [-0.3, -0.25) is 25.1 Å². The molecule has 0 unspecified atom stereocenters. The van der Waals surface area contributed by atoms with E-state index in [-0.39, 0.29) is 12.3 Å². The monoisotopic (exact) mass is 387 g/mol. The van der Waals surface area contributed by atoms with E-state index in [0.29, 0.717) is 28.0 Å². The molecule has 0 aliphatic rings. The number of fused-ring (bicyclic) bond motifs is 2. The van der Waals surface area contributed by atoms with Gasteiger partial charge in [0, 0.05) is 12.7 Å². The summed E-state index contributed by atoms with van der Waals surface area (Å²) in [7, 11) is 1.79. The highest BCUT2D eigenvalue weighted by atomic mass is 16.2. The van der Waals surface area contributed by atoms with Crippen molar-refractivity contribution in [2.24, 2.45) is 7.05 Å². The van der Waals surface area contributed by atoms with E-state index in [2.05, 4.69) is 20.9 Å². The summed E-state index contributed by atoms with van der Waals surface area (Å²) in [5.74, 6) is -0.692. The second-order valence-corrected chi connectivity index (χ2v) is 7.04. The van der Waals surface area contributed by atoms with E-state index < -0.39 is 5.91 Å². The number of aromatic nitrogens is 3. The predicted molar refractivity (Wildman–Crippen MR) is 111 cm³/mol. The molecule has 29 heavy (non-hydrogen) atoms. The molecular weight excluding hydrogens is 366 g/mol. The molecule has 2 aromatic carbocycles. The average Bonchev–Trinajstić information content (AvgIpc) is 2.99. The molecule has 2 N–H and O–H groups in total. The van der Waals surface area contributed by atoms with Crippen LogP contribution in [-0.4, -0.2) is 26.6 Å². The van der Waals surface area contributed by atoms with Crippen molar-refractivity contribution >= 4 is 33.6 Å². The van der Waals surface area contributed by atoms with Gasteiger partial charge in [-0.2, -0.15) is 5.10 Å². The van der Waals surface area contributed by atoms with E-state index in [1.165, 1.54) is 0 Å². The SMILES string of the molecule is Cc1cc(C(=O)NNC(=O)Cc2cccc3ccccc23)c2c(C)nn(C)c2n1. The lowest BCUT2D eigenvalue weighted by molar-refractivity contribution is -0.121. The van der Waals surface area contributed by atoms with Gasteiger partial charge in [-0.05, 0) is 36.2 Å². The quantitative estimate of drug-likeness (QED) is 0.529. The predicted octanol–water partition coefficient (Wildman–Crippen LogP) is 2.74. The van der Waals surface area contributed by atoms with Gasteiger partial charge in [-0.1, -0.05) is 42.5 Å². The molecule has 7 heteroatoms. The maximum atomic E-state index is 12.8. The molecule has 0 fully saturated rings. The Morgan fingerprint density at radius 3 is 2.62 bits per heavy atom. The lowest BCUT2D eigenvalue weighted by Crippen LogP contribution is -2.42. The number of nitrogens with zero attached hydrogens (tertiary/aromatic N) is 3. The number of nitrogens with one attached hydrogen (secondary N) is 2. The van der Waals surface area contributed by atoms with E-state index in [0.717, 1.165) is 16.3 Å². The Hall–Kier alpha value is -3.74. The third kappa shape index (κ3) is 3.54. The van der Waals surface area contributed by atoms with Crippen LogP contribution in [0.2, 0.25) is 0 Å². The summed E-state index contributed by atoms with van der Waals surface area (Å²) in [5.41, 5.74) is 8.42. The smallest absolute Gasteiger partial charge is 0.270 e. The second-order valence-electron chi connectivity index (χ2n) is 7.04. The maximum absolute atomic E-state index is 12.8. The minimum Gasteiger partial charge on any atom is -0.273 e. The van der Waals surface area contributed by atoms with Gasteiger partial charge in [0.15, 0.2) is 5.65 Å². The molecule has 4 rings (SSSR count). The van der Waals surface area contributed by atoms with Crippen molar-refractivity contribution in [3.05, 3.63) is 71.0 Å². The first-order chi connectivity index (χ1) is 13.9. The fraction of sp³-hybridized carbons (Fsp3) is 0.182. The molecule has 0 saturated carbocycles. The van der Waals surface area contributed by atoms with Crippen molar-refractivity contribution in [3.8, 4) is 0 Å². The van der Waals surface area contributed by atoms with Crippen LogP contribution in [0.5, 0.6) is 0 Å². The zero-order valence-corrected chi connectivity index (χ0v) is 16.5. The standard InChI is InChI=1S/C22H21N5O2/c1-13-11-18(20-14(2)26-27(3)21(20)23-13)22(29)25-24-19(28)12-16-9-6-8-15-7-4-5-10-17(15)16/h4-11H,12H2,1-3H3,(H,24,28)(H,25,29). The van der Waals surface area contributed by atoms with Crippen molar-refractivity contribution in [2.45, 2.75) is 20.3 Å². The van der Waals surface area contributed by atoms with Crippen LogP contribution in [0.1, 0.15) is 27.3 Å². The molecule has 2 heterocycles. The molecule has 0 bridgehead atoms. The number of amides is 2. The fourth-order valence-corrected chi connectivity index (χ4v) is 3.61. The Morgan fingerprint density at radius 2 is 1.79 bits per heavy atom. The minimum atomic E-state index is -0.400. The Bertz CT molecular complexity index is 1250. The Kier molecular flexibility index (Phi) is 4.72. The highest BCUT2D eigenvalue weighted by Gasteiger charge is 2.18. The van der Waals surface area contributed by atoms with E-state index in [1.807, 2.05) is 56.3 Å². The minimum absolute atomic E-state index is 0.165. The van der Waals surface area contributed by atoms with Crippen molar-refractivity contribution in [1.29, 1.82) is 0 Å². The van der Waals surface area contributed by atoms with Crippen LogP contribution in [0.25, 0.3) is 21.8 Å². The average molecular weight is 387 g/mol. The number of pyridine rings is 1. The number of aryl methyl sites for hydroxylation is 3. The number of hydrazine groups is 1. The molecule has 0 atom stereocenters. The van der Waals surface area contributed by atoms with Crippen molar-refractivity contribution < 1.29 is 9.59 Å². The third-order valence-corrected chi connectivity index (χ3v) is 4.89. The zero-order chi connectivity index (χ0) is 20.5. The lowest BCUT2D eigenvalue weighted by Gasteiger charge is -2.10. The number of hydrogen-bond acceptors (Lipinski definition) is 4. The van der Waals surface area contributed by atoms with Crippen LogP contribution >= 0.6 is 0 Å². The van der Waals surface area contributed by atoms with Crippen LogP contribution < -0.4 is 10.9 Å². The van der Waals surface area contributed by atoms with Crippen molar-refractivity contribution in [3.63, 3.8) is 0 Å². The summed E-state index contributed by atoms with van der Waals surface area (Å²) in [6, 6.07) is 15.4. The van der Waals surface area contributed by atoms with Gasteiger partial charge in [0.2, 0.25) is 5.91 Å². The van der Waals surface area contributed by atoms with Crippen LogP contribution in [0.3, 0.4) is 0 Å². The topological polar surface area (TPSA) is 88.9 Å². The van der Waals surface area contributed by atoms with Gasteiger partial charge in [-0.25, -0.2) is 4.98 Å². The number of benzene rings is 2. The molecule has 146 valence electrons. The Balaban J connectivity index is 1.51. The van der Waals surface area contributed by atoms with E-state index in [4.69, 9.17) is 0 Å². The first-order valence-corrected chi connectivity index (χ1v) is 9.31.